The van der Waals surface area contributed by atoms with Crippen LogP contribution in [-0.2, 0) is 4.79 Å². The number of carbonyl (C=O) groups is 1. The number of ether oxygens (including phenoxy) is 1. The summed E-state index contributed by atoms with van der Waals surface area (Å²) in [6.45, 7) is 2.27. The molecule has 1 amide bonds. The van der Waals surface area contributed by atoms with Crippen LogP contribution < -0.4 is 10.1 Å². The lowest BCUT2D eigenvalue weighted by Gasteiger charge is -2.13. The zero-order chi connectivity index (χ0) is 18.5. The van der Waals surface area contributed by atoms with Crippen LogP contribution in [0.15, 0.2) is 42.6 Å². The maximum Gasteiger partial charge on any atom is 0.220 e. The van der Waals surface area contributed by atoms with E-state index >= 15 is 0 Å². The molecule has 0 radical (unpaired) electrons. The first-order chi connectivity index (χ1) is 12.5. The number of amides is 1. The van der Waals surface area contributed by atoms with E-state index in [0.717, 1.165) is 5.65 Å². The van der Waals surface area contributed by atoms with E-state index in [1.165, 1.54) is 0 Å². The summed E-state index contributed by atoms with van der Waals surface area (Å²) >= 11 is 11.9. The molecule has 0 aliphatic rings. The van der Waals surface area contributed by atoms with E-state index in [2.05, 4.69) is 15.5 Å². The molecule has 0 fully saturated rings. The Morgan fingerprint density at radius 3 is 2.92 bits per heavy atom. The van der Waals surface area contributed by atoms with Gasteiger partial charge in [-0.1, -0.05) is 29.3 Å². The minimum absolute atomic E-state index is 0.0732. The number of benzene rings is 1. The van der Waals surface area contributed by atoms with Gasteiger partial charge in [-0.3, -0.25) is 9.20 Å². The van der Waals surface area contributed by atoms with Gasteiger partial charge < -0.3 is 10.1 Å². The number of carbonyl (C=O) groups excluding carboxylic acids is 1. The van der Waals surface area contributed by atoms with E-state index in [9.17, 15) is 4.79 Å². The Hall–Kier alpha value is -2.31. The predicted octanol–water partition coefficient (Wildman–Crippen LogP) is 4.07. The monoisotopic (exact) mass is 392 g/mol. The first kappa shape index (κ1) is 18.5. The lowest BCUT2D eigenvalue weighted by molar-refractivity contribution is -0.122. The summed E-state index contributed by atoms with van der Waals surface area (Å²) in [5.41, 5.74) is 0.747. The average Bonchev–Trinajstić information content (AvgIpc) is 3.04. The number of nitrogens with one attached hydrogen (secondary N) is 1. The normalized spacial score (nSPS) is 12.1. The van der Waals surface area contributed by atoms with Crippen molar-refractivity contribution in [3.63, 3.8) is 0 Å². The Kier molecular flexibility index (Phi) is 5.96. The lowest BCUT2D eigenvalue weighted by Crippen LogP contribution is -2.28. The molecule has 0 unspecified atom stereocenters. The molecule has 0 aliphatic heterocycles. The second kappa shape index (κ2) is 8.38. The molecule has 1 aromatic carbocycles. The molecule has 2 aromatic heterocycles. The van der Waals surface area contributed by atoms with Crippen molar-refractivity contribution in [3.8, 4) is 5.75 Å². The van der Waals surface area contributed by atoms with Crippen molar-refractivity contribution in [1.29, 1.82) is 0 Å². The second-order valence-corrected chi connectivity index (χ2v) is 6.65. The third-order valence-corrected chi connectivity index (χ3v) is 4.34. The number of pyridine rings is 1. The lowest BCUT2D eigenvalue weighted by atomic mass is 10.2. The number of fused-ring (bicyclic) bond motifs is 1. The summed E-state index contributed by atoms with van der Waals surface area (Å²) in [6.07, 6.45) is 2.78. The van der Waals surface area contributed by atoms with Crippen LogP contribution in [0.25, 0.3) is 5.65 Å². The van der Waals surface area contributed by atoms with E-state index < -0.39 is 0 Å². The van der Waals surface area contributed by atoms with Crippen molar-refractivity contribution in [2.45, 2.75) is 25.8 Å². The smallest absolute Gasteiger partial charge is 0.220 e. The van der Waals surface area contributed by atoms with E-state index in [1.54, 1.807) is 18.2 Å². The van der Waals surface area contributed by atoms with Gasteiger partial charge in [0.05, 0.1) is 17.7 Å². The van der Waals surface area contributed by atoms with Crippen LogP contribution in [-0.4, -0.2) is 27.1 Å². The van der Waals surface area contributed by atoms with Crippen LogP contribution in [0, 0.1) is 0 Å². The Morgan fingerprint density at radius 1 is 1.27 bits per heavy atom. The number of nitrogens with zero attached hydrogens (tertiary/aromatic N) is 3. The number of halogens is 2. The van der Waals surface area contributed by atoms with Gasteiger partial charge in [0, 0.05) is 17.6 Å². The van der Waals surface area contributed by atoms with E-state index in [0.29, 0.717) is 41.1 Å². The SMILES string of the molecule is C[C@@H](NC(=O)CCCOc1ccc(Cl)cc1Cl)c1nnc2ccccn12. The zero-order valence-corrected chi connectivity index (χ0v) is 15.7. The van der Waals surface area contributed by atoms with Gasteiger partial charge in [0.2, 0.25) is 5.91 Å². The van der Waals surface area contributed by atoms with Crippen LogP contribution in [0.3, 0.4) is 0 Å². The highest BCUT2D eigenvalue weighted by atomic mass is 35.5. The van der Waals surface area contributed by atoms with Gasteiger partial charge in [0.15, 0.2) is 11.5 Å². The fourth-order valence-electron chi connectivity index (χ4n) is 2.54. The predicted molar refractivity (Wildman–Crippen MR) is 101 cm³/mol. The second-order valence-electron chi connectivity index (χ2n) is 5.80. The van der Waals surface area contributed by atoms with Crippen LogP contribution >= 0.6 is 23.2 Å². The Bertz CT molecular complexity index is 913. The highest BCUT2D eigenvalue weighted by Gasteiger charge is 2.15. The van der Waals surface area contributed by atoms with Crippen LogP contribution in [0.2, 0.25) is 10.0 Å². The van der Waals surface area contributed by atoms with E-state index in [1.807, 2.05) is 35.7 Å². The van der Waals surface area contributed by atoms with Crippen LogP contribution in [0.1, 0.15) is 31.6 Å². The largest absolute Gasteiger partial charge is 0.492 e. The molecule has 2 heterocycles. The standard InChI is InChI=1S/C18H18Cl2N4O2/c1-12(18-23-22-16-5-2-3-9-24(16)18)21-17(25)6-4-10-26-15-8-7-13(19)11-14(15)20/h2-3,5,7-9,11-12H,4,6,10H2,1H3,(H,21,25)/t12-/m1/s1. The molecule has 3 rings (SSSR count). The van der Waals surface area contributed by atoms with Crippen LogP contribution in [0.5, 0.6) is 5.75 Å². The molecule has 0 saturated carbocycles. The van der Waals surface area contributed by atoms with Crippen molar-refractivity contribution in [1.82, 2.24) is 19.9 Å². The molecule has 26 heavy (non-hydrogen) atoms. The van der Waals surface area contributed by atoms with Crippen molar-refractivity contribution in [2.75, 3.05) is 6.61 Å². The summed E-state index contributed by atoms with van der Waals surface area (Å²) in [5, 5.41) is 12.2. The Balaban J connectivity index is 1.46. The molecular weight excluding hydrogens is 375 g/mol. The average molecular weight is 393 g/mol. The zero-order valence-electron chi connectivity index (χ0n) is 14.2. The van der Waals surface area contributed by atoms with Crippen molar-refractivity contribution in [3.05, 3.63) is 58.5 Å². The number of aromatic nitrogens is 3. The minimum atomic E-state index is -0.244. The van der Waals surface area contributed by atoms with Crippen molar-refractivity contribution < 1.29 is 9.53 Å². The molecule has 0 aliphatic carbocycles. The summed E-state index contributed by atoms with van der Waals surface area (Å²) in [4.78, 5) is 12.1. The van der Waals surface area contributed by atoms with E-state index in [4.69, 9.17) is 27.9 Å². The first-order valence-corrected chi connectivity index (χ1v) is 8.97. The van der Waals surface area contributed by atoms with Gasteiger partial charge in [-0.2, -0.15) is 0 Å². The highest BCUT2D eigenvalue weighted by molar-refractivity contribution is 6.35. The number of rotatable bonds is 7. The maximum atomic E-state index is 12.1. The van der Waals surface area contributed by atoms with Gasteiger partial charge in [-0.25, -0.2) is 0 Å². The number of hydrogen-bond acceptors (Lipinski definition) is 4. The van der Waals surface area contributed by atoms with Crippen molar-refractivity contribution >= 4 is 34.8 Å². The molecule has 1 atom stereocenters. The summed E-state index contributed by atoms with van der Waals surface area (Å²) in [7, 11) is 0. The molecule has 6 nitrogen and oxygen atoms in total. The third-order valence-electron chi connectivity index (χ3n) is 3.80. The molecule has 0 saturated heterocycles. The molecule has 8 heteroatoms. The molecule has 1 N–H and O–H groups in total. The summed E-state index contributed by atoms with van der Waals surface area (Å²) in [5.74, 6) is 1.17. The Labute approximate surface area is 161 Å². The van der Waals surface area contributed by atoms with Crippen molar-refractivity contribution in [2.24, 2.45) is 0 Å². The van der Waals surface area contributed by atoms with E-state index in [-0.39, 0.29) is 11.9 Å². The van der Waals surface area contributed by atoms with Gasteiger partial charge in [-0.05, 0) is 43.7 Å². The molecule has 0 spiro atoms. The van der Waals surface area contributed by atoms with Gasteiger partial charge in [0.25, 0.3) is 0 Å². The molecule has 136 valence electrons. The fraction of sp³-hybridized carbons (Fsp3) is 0.278. The van der Waals surface area contributed by atoms with Gasteiger partial charge >= 0.3 is 0 Å². The molecule has 3 aromatic rings. The molecular formula is C18H18Cl2N4O2. The maximum absolute atomic E-state index is 12.1. The first-order valence-electron chi connectivity index (χ1n) is 8.21. The quantitative estimate of drug-likeness (QED) is 0.615. The fourth-order valence-corrected chi connectivity index (χ4v) is 3.00. The minimum Gasteiger partial charge on any atom is -0.492 e. The molecule has 0 bridgehead atoms. The summed E-state index contributed by atoms with van der Waals surface area (Å²) in [6, 6.07) is 10.5. The van der Waals surface area contributed by atoms with Crippen LogP contribution in [0.4, 0.5) is 0 Å². The highest BCUT2D eigenvalue weighted by Crippen LogP contribution is 2.27. The van der Waals surface area contributed by atoms with Gasteiger partial charge in [0.1, 0.15) is 5.75 Å². The third kappa shape index (κ3) is 4.45. The Morgan fingerprint density at radius 2 is 2.12 bits per heavy atom. The number of hydrogen-bond donors (Lipinski definition) is 1. The van der Waals surface area contributed by atoms with Gasteiger partial charge in [-0.15, -0.1) is 10.2 Å². The summed E-state index contributed by atoms with van der Waals surface area (Å²) < 4.78 is 7.44. The topological polar surface area (TPSA) is 68.5 Å².